The van der Waals surface area contributed by atoms with E-state index >= 15 is 0 Å². The molecule has 0 spiro atoms. The third kappa shape index (κ3) is 16.4. The third-order valence-electron chi connectivity index (χ3n) is 16.1. The van der Waals surface area contributed by atoms with Gasteiger partial charge < -0.3 is 14.2 Å². The normalized spacial score (nSPS) is 24.5. The minimum absolute atomic E-state index is 0. The fraction of sp³-hybridized carbons (Fsp3) is 0.945. The standard InChI is InChI=1S/C20H34O2.C15H28O2.C14H26O2.6CH4/c1-6-18(3,4)17(21)22-19(5,7-2)20-11-14-8-15(12-20)10-16(9-14)13-20;1-6-14(2,3)13(16)17-15(4,5)12-10-8-7-9-11-12;1-6-13(2,3)12(15)16-14(4,5)11-9-7-8-10-11;;;;;;/h14-16H,6-13H2,1-5H3;12H,6-11H2,1-5H3;11H,6-10H2,1-5H3;6*1H4. The summed E-state index contributed by atoms with van der Waals surface area (Å²) < 4.78 is 17.8. The van der Waals surface area contributed by atoms with Gasteiger partial charge in [0.05, 0.1) is 16.2 Å². The Morgan fingerprint density at radius 1 is 0.426 bits per heavy atom. The summed E-state index contributed by atoms with van der Waals surface area (Å²) in [7, 11) is 0. The van der Waals surface area contributed by atoms with E-state index < -0.39 is 0 Å². The van der Waals surface area contributed by atoms with Crippen molar-refractivity contribution >= 4 is 17.9 Å². The maximum atomic E-state index is 12.7. The van der Waals surface area contributed by atoms with Crippen molar-refractivity contribution in [1.29, 1.82) is 0 Å². The van der Waals surface area contributed by atoms with Gasteiger partial charge in [0, 0.05) is 5.41 Å². The van der Waals surface area contributed by atoms with Gasteiger partial charge in [-0.2, -0.15) is 0 Å². The second-order valence-corrected chi connectivity index (χ2v) is 22.2. The fourth-order valence-electron chi connectivity index (χ4n) is 10.4. The smallest absolute Gasteiger partial charge is 0.312 e. The van der Waals surface area contributed by atoms with Gasteiger partial charge in [-0.1, -0.05) is 104 Å². The van der Waals surface area contributed by atoms with Crippen molar-refractivity contribution in [1.82, 2.24) is 0 Å². The van der Waals surface area contributed by atoms with Crippen molar-refractivity contribution in [2.45, 2.75) is 287 Å². The van der Waals surface area contributed by atoms with Crippen LogP contribution in [0.2, 0.25) is 0 Å². The second kappa shape index (κ2) is 25.8. The van der Waals surface area contributed by atoms with Crippen molar-refractivity contribution in [3.8, 4) is 0 Å². The average molecular weight is 869 g/mol. The van der Waals surface area contributed by atoms with Crippen LogP contribution in [0.15, 0.2) is 0 Å². The molecule has 0 aromatic heterocycles. The van der Waals surface area contributed by atoms with Crippen molar-refractivity contribution in [3.05, 3.63) is 0 Å². The minimum atomic E-state index is -0.362. The summed E-state index contributed by atoms with van der Waals surface area (Å²) in [5, 5.41) is 0. The van der Waals surface area contributed by atoms with Crippen LogP contribution in [-0.2, 0) is 28.6 Å². The highest BCUT2D eigenvalue weighted by Crippen LogP contribution is 2.65. The molecule has 0 saturated heterocycles. The molecule has 0 aromatic rings. The first-order valence-corrected chi connectivity index (χ1v) is 23.0. The molecule has 6 fully saturated rings. The highest BCUT2D eigenvalue weighted by molar-refractivity contribution is 5.77. The minimum Gasteiger partial charge on any atom is -0.459 e. The van der Waals surface area contributed by atoms with Crippen LogP contribution >= 0.6 is 0 Å². The molecular weight excluding hydrogens is 757 g/mol. The van der Waals surface area contributed by atoms with Crippen LogP contribution in [0.25, 0.3) is 0 Å². The molecule has 0 radical (unpaired) electrons. The molecular formula is C55H112O6. The molecule has 1 atom stereocenters. The van der Waals surface area contributed by atoms with E-state index in [4.69, 9.17) is 14.2 Å². The van der Waals surface area contributed by atoms with E-state index in [1.54, 1.807) is 0 Å². The number of rotatable bonds is 13. The molecule has 6 aliphatic carbocycles. The average Bonchev–Trinajstić information content (AvgIpc) is 3.68. The zero-order chi connectivity index (χ0) is 41.7. The summed E-state index contributed by atoms with van der Waals surface area (Å²) >= 11 is 0. The SMILES string of the molecule is C.C.C.C.C.C.CCC(C)(C)C(=O)OC(C)(C)C1CCCC1.CCC(C)(C)C(=O)OC(C)(C)C1CCCCC1.CCC(C)(C)C(=O)OC(C)(CC)C12CC3CC(CC(C3)C1)C2. The number of carbonyl (C=O) groups excluding carboxylic acids is 3. The van der Waals surface area contributed by atoms with Crippen molar-refractivity contribution in [2.24, 2.45) is 51.2 Å². The van der Waals surface area contributed by atoms with Gasteiger partial charge in [-0.25, -0.2) is 0 Å². The first kappa shape index (κ1) is 66.0. The molecule has 0 heterocycles. The third-order valence-corrected chi connectivity index (χ3v) is 16.1. The van der Waals surface area contributed by atoms with Gasteiger partial charge in [-0.15, -0.1) is 0 Å². The van der Waals surface area contributed by atoms with E-state index in [-0.39, 0.29) is 101 Å². The zero-order valence-electron chi connectivity index (χ0n) is 38.8. The van der Waals surface area contributed by atoms with Crippen LogP contribution in [-0.4, -0.2) is 34.7 Å². The van der Waals surface area contributed by atoms with Crippen molar-refractivity contribution < 1.29 is 28.6 Å². The molecule has 6 aliphatic rings. The molecule has 1 unspecified atom stereocenters. The monoisotopic (exact) mass is 869 g/mol. The maximum absolute atomic E-state index is 12.7. The lowest BCUT2D eigenvalue weighted by Crippen LogP contribution is -2.59. The van der Waals surface area contributed by atoms with E-state index in [0.29, 0.717) is 11.8 Å². The van der Waals surface area contributed by atoms with Crippen LogP contribution in [0, 0.1) is 51.2 Å². The quantitative estimate of drug-likeness (QED) is 0.136. The Morgan fingerprint density at radius 3 is 0.951 bits per heavy atom. The van der Waals surface area contributed by atoms with Gasteiger partial charge >= 0.3 is 17.9 Å². The Balaban J connectivity index is -0.000000387. The molecule has 0 aromatic carbocycles. The molecule has 0 aliphatic heterocycles. The predicted octanol–water partition coefficient (Wildman–Crippen LogP) is 17.4. The van der Waals surface area contributed by atoms with Gasteiger partial charge in [0.2, 0.25) is 0 Å². The fourth-order valence-corrected chi connectivity index (χ4v) is 10.4. The molecule has 368 valence electrons. The lowest BCUT2D eigenvalue weighted by molar-refractivity contribution is -0.212. The second-order valence-electron chi connectivity index (χ2n) is 22.2. The number of ether oxygens (including phenoxy) is 3. The number of hydrogen-bond acceptors (Lipinski definition) is 6. The Labute approximate surface area is 383 Å². The Morgan fingerprint density at radius 2 is 0.689 bits per heavy atom. The Bertz CT molecular complexity index is 1230. The van der Waals surface area contributed by atoms with Crippen LogP contribution < -0.4 is 0 Å². The first-order valence-electron chi connectivity index (χ1n) is 23.0. The predicted molar refractivity (Wildman–Crippen MR) is 267 cm³/mol. The van der Waals surface area contributed by atoms with Gasteiger partial charge in [0.1, 0.15) is 16.8 Å². The summed E-state index contributed by atoms with van der Waals surface area (Å²) in [4.78, 5) is 36.9. The van der Waals surface area contributed by atoms with Crippen LogP contribution in [0.3, 0.4) is 0 Å². The van der Waals surface area contributed by atoms with E-state index in [2.05, 4.69) is 48.5 Å². The number of carbonyl (C=O) groups is 3. The molecule has 6 saturated carbocycles. The van der Waals surface area contributed by atoms with Crippen LogP contribution in [0.4, 0.5) is 0 Å². The van der Waals surface area contributed by atoms with E-state index in [1.807, 2.05) is 55.4 Å². The van der Waals surface area contributed by atoms with E-state index in [0.717, 1.165) is 43.4 Å². The molecule has 0 N–H and O–H groups in total. The highest BCUT2D eigenvalue weighted by Gasteiger charge is 2.60. The maximum Gasteiger partial charge on any atom is 0.312 e. The zero-order valence-corrected chi connectivity index (χ0v) is 38.8. The molecule has 4 bridgehead atoms. The van der Waals surface area contributed by atoms with Gasteiger partial charge in [0.15, 0.2) is 0 Å². The van der Waals surface area contributed by atoms with Crippen LogP contribution in [0.5, 0.6) is 0 Å². The van der Waals surface area contributed by atoms with Gasteiger partial charge in [-0.3, -0.25) is 14.4 Å². The summed E-state index contributed by atoms with van der Waals surface area (Å²) in [6.45, 7) is 30.8. The van der Waals surface area contributed by atoms with Crippen molar-refractivity contribution in [3.63, 3.8) is 0 Å². The highest BCUT2D eigenvalue weighted by atomic mass is 16.6. The number of hydrogen-bond donors (Lipinski definition) is 0. The molecule has 6 heteroatoms. The summed E-state index contributed by atoms with van der Waals surface area (Å²) in [5.41, 5.74) is -1.67. The summed E-state index contributed by atoms with van der Waals surface area (Å²) in [6, 6.07) is 0. The lowest BCUT2D eigenvalue weighted by Gasteiger charge is -2.62. The topological polar surface area (TPSA) is 78.9 Å². The lowest BCUT2D eigenvalue weighted by atomic mass is 9.45. The van der Waals surface area contributed by atoms with Gasteiger partial charge in [-0.05, 0) is 196 Å². The Kier molecular flexibility index (Phi) is 27.9. The van der Waals surface area contributed by atoms with Gasteiger partial charge in [0.25, 0.3) is 0 Å². The summed E-state index contributed by atoms with van der Waals surface area (Å²) in [5.74, 6) is 3.69. The van der Waals surface area contributed by atoms with Crippen LogP contribution in [0.1, 0.15) is 270 Å². The number of esters is 3. The van der Waals surface area contributed by atoms with Crippen molar-refractivity contribution in [2.75, 3.05) is 0 Å². The molecule has 6 nitrogen and oxygen atoms in total. The summed E-state index contributed by atoms with van der Waals surface area (Å²) in [6.07, 6.45) is 22.9. The molecule has 0 amide bonds. The largest absolute Gasteiger partial charge is 0.459 e. The van der Waals surface area contributed by atoms with E-state index in [9.17, 15) is 14.4 Å². The molecule has 61 heavy (non-hydrogen) atoms. The molecule has 6 rings (SSSR count). The van der Waals surface area contributed by atoms with E-state index in [1.165, 1.54) is 96.3 Å². The first-order chi connectivity index (χ1) is 25.3. The Hall–Kier alpha value is -1.59.